The molecule has 0 radical (unpaired) electrons. The van der Waals surface area contributed by atoms with Crippen molar-refractivity contribution in [3.63, 3.8) is 0 Å². The van der Waals surface area contributed by atoms with Crippen LogP contribution in [0, 0.1) is 0 Å². The first-order valence-electron chi connectivity index (χ1n) is 3.53. The maximum Gasteiger partial charge on any atom is 0.180 e. The number of aryl methyl sites for hydroxylation is 1. The lowest BCUT2D eigenvalue weighted by atomic mass is 10.2. The van der Waals surface area contributed by atoms with Gasteiger partial charge in [-0.15, -0.1) is 17.9 Å². The molecule has 0 fully saturated rings. The second kappa shape index (κ2) is 3.53. The van der Waals surface area contributed by atoms with E-state index in [4.69, 9.17) is 5.73 Å². The van der Waals surface area contributed by atoms with Gasteiger partial charge in [-0.1, -0.05) is 5.57 Å². The molecule has 0 aliphatic rings. The summed E-state index contributed by atoms with van der Waals surface area (Å²) in [5.74, 6) is 0. The molecule has 0 aliphatic carbocycles. The van der Waals surface area contributed by atoms with Crippen LogP contribution in [-0.4, -0.2) is 4.98 Å². The van der Waals surface area contributed by atoms with E-state index in [2.05, 4.69) is 11.6 Å². The number of allylic oxidation sites excluding steroid dienone is 1. The van der Waals surface area contributed by atoms with Crippen molar-refractivity contribution in [3.05, 3.63) is 23.2 Å². The fourth-order valence-corrected chi connectivity index (χ4v) is 1.46. The summed E-state index contributed by atoms with van der Waals surface area (Å²) in [4.78, 5) is 5.20. The van der Waals surface area contributed by atoms with Crippen LogP contribution in [-0.2, 0) is 6.42 Å². The van der Waals surface area contributed by atoms with Gasteiger partial charge in [0, 0.05) is 11.1 Å². The number of rotatable bonds is 3. The Morgan fingerprint density at radius 3 is 3.00 bits per heavy atom. The Morgan fingerprint density at radius 1 is 1.82 bits per heavy atom. The van der Waals surface area contributed by atoms with Crippen LogP contribution in [0.5, 0.6) is 0 Å². The van der Waals surface area contributed by atoms with Crippen LogP contribution in [0.3, 0.4) is 0 Å². The SMILES string of the molecule is C=C(C)CCc1cnc(N)s1. The van der Waals surface area contributed by atoms with Crippen molar-refractivity contribution in [2.75, 3.05) is 5.73 Å². The molecule has 1 heterocycles. The Morgan fingerprint density at radius 2 is 2.55 bits per heavy atom. The molecule has 0 unspecified atom stereocenters. The van der Waals surface area contributed by atoms with Crippen molar-refractivity contribution in [1.29, 1.82) is 0 Å². The monoisotopic (exact) mass is 168 g/mol. The number of hydrogen-bond donors (Lipinski definition) is 1. The summed E-state index contributed by atoms with van der Waals surface area (Å²) < 4.78 is 0. The van der Waals surface area contributed by atoms with Gasteiger partial charge in [0.25, 0.3) is 0 Å². The molecule has 0 saturated carbocycles. The Bertz CT molecular complexity index is 252. The molecule has 0 atom stereocenters. The summed E-state index contributed by atoms with van der Waals surface area (Å²) in [7, 11) is 0. The van der Waals surface area contributed by atoms with E-state index in [1.807, 2.05) is 13.1 Å². The van der Waals surface area contributed by atoms with Crippen LogP contribution >= 0.6 is 11.3 Å². The van der Waals surface area contributed by atoms with Crippen molar-refractivity contribution in [2.45, 2.75) is 19.8 Å². The van der Waals surface area contributed by atoms with Crippen molar-refractivity contribution >= 4 is 16.5 Å². The smallest absolute Gasteiger partial charge is 0.180 e. The van der Waals surface area contributed by atoms with E-state index in [9.17, 15) is 0 Å². The molecule has 60 valence electrons. The van der Waals surface area contributed by atoms with Gasteiger partial charge in [0.2, 0.25) is 0 Å². The molecule has 0 aliphatic heterocycles. The minimum absolute atomic E-state index is 0.654. The fraction of sp³-hybridized carbons (Fsp3) is 0.375. The maximum atomic E-state index is 5.47. The highest BCUT2D eigenvalue weighted by Crippen LogP contribution is 2.17. The van der Waals surface area contributed by atoms with E-state index in [1.165, 1.54) is 10.5 Å². The molecule has 1 aromatic rings. The lowest BCUT2D eigenvalue weighted by Crippen LogP contribution is -1.80. The third-order valence-corrected chi connectivity index (χ3v) is 2.26. The lowest BCUT2D eigenvalue weighted by Gasteiger charge is -1.93. The molecule has 11 heavy (non-hydrogen) atoms. The first-order chi connectivity index (χ1) is 5.18. The summed E-state index contributed by atoms with van der Waals surface area (Å²) in [5.41, 5.74) is 6.68. The quantitative estimate of drug-likeness (QED) is 0.703. The van der Waals surface area contributed by atoms with Gasteiger partial charge in [0.15, 0.2) is 5.13 Å². The Hall–Kier alpha value is -0.830. The normalized spacial score (nSPS) is 9.91. The van der Waals surface area contributed by atoms with E-state index in [0.717, 1.165) is 12.8 Å². The van der Waals surface area contributed by atoms with Gasteiger partial charge >= 0.3 is 0 Å². The second-order valence-electron chi connectivity index (χ2n) is 2.62. The van der Waals surface area contributed by atoms with Gasteiger partial charge in [-0.25, -0.2) is 4.98 Å². The zero-order valence-electron chi connectivity index (χ0n) is 6.63. The summed E-state index contributed by atoms with van der Waals surface area (Å²) in [5, 5.41) is 0.654. The van der Waals surface area contributed by atoms with Crippen LogP contribution in [0.2, 0.25) is 0 Å². The molecule has 0 bridgehead atoms. The average molecular weight is 168 g/mol. The predicted molar refractivity (Wildman–Crippen MR) is 49.7 cm³/mol. The van der Waals surface area contributed by atoms with Gasteiger partial charge in [-0.05, 0) is 19.8 Å². The second-order valence-corrected chi connectivity index (χ2v) is 3.77. The lowest BCUT2D eigenvalue weighted by molar-refractivity contribution is 0.961. The van der Waals surface area contributed by atoms with Gasteiger partial charge in [-0.3, -0.25) is 0 Å². The Labute approximate surface area is 70.8 Å². The summed E-state index contributed by atoms with van der Waals surface area (Å²) in [6.07, 6.45) is 3.88. The van der Waals surface area contributed by atoms with Crippen LogP contribution in [0.1, 0.15) is 18.2 Å². The molecule has 2 nitrogen and oxygen atoms in total. The van der Waals surface area contributed by atoms with Crippen molar-refractivity contribution < 1.29 is 0 Å². The van der Waals surface area contributed by atoms with Gasteiger partial charge in [-0.2, -0.15) is 0 Å². The minimum atomic E-state index is 0.654. The third-order valence-electron chi connectivity index (χ3n) is 1.37. The molecular weight excluding hydrogens is 156 g/mol. The Balaban J connectivity index is 2.45. The number of nitrogens with zero attached hydrogens (tertiary/aromatic N) is 1. The van der Waals surface area contributed by atoms with E-state index < -0.39 is 0 Å². The number of anilines is 1. The van der Waals surface area contributed by atoms with E-state index >= 15 is 0 Å². The van der Waals surface area contributed by atoms with Gasteiger partial charge < -0.3 is 5.73 Å². The number of thiazole rings is 1. The molecule has 3 heteroatoms. The fourth-order valence-electron chi connectivity index (χ4n) is 0.775. The molecule has 1 rings (SSSR count). The number of nitrogen functional groups attached to an aromatic ring is 1. The summed E-state index contributed by atoms with van der Waals surface area (Å²) >= 11 is 1.56. The van der Waals surface area contributed by atoms with Crippen molar-refractivity contribution in [1.82, 2.24) is 4.98 Å². The van der Waals surface area contributed by atoms with Crippen LogP contribution < -0.4 is 5.73 Å². The Kier molecular flexibility index (Phi) is 2.65. The molecule has 0 spiro atoms. The van der Waals surface area contributed by atoms with Crippen LogP contribution in [0.4, 0.5) is 5.13 Å². The summed E-state index contributed by atoms with van der Waals surface area (Å²) in [6.45, 7) is 5.86. The highest BCUT2D eigenvalue weighted by molar-refractivity contribution is 7.15. The first kappa shape index (κ1) is 8.27. The number of nitrogens with two attached hydrogens (primary N) is 1. The summed E-state index contributed by atoms with van der Waals surface area (Å²) in [6, 6.07) is 0. The molecule has 0 amide bonds. The molecule has 0 saturated heterocycles. The van der Waals surface area contributed by atoms with E-state index in [1.54, 1.807) is 11.3 Å². The molecule has 2 N–H and O–H groups in total. The van der Waals surface area contributed by atoms with E-state index in [0.29, 0.717) is 5.13 Å². The largest absolute Gasteiger partial charge is 0.375 e. The average Bonchev–Trinajstić information content (AvgIpc) is 2.31. The standard InChI is InChI=1S/C8H12N2S/c1-6(2)3-4-7-5-10-8(9)11-7/h5H,1,3-4H2,2H3,(H2,9,10). The van der Waals surface area contributed by atoms with Crippen LogP contribution in [0.25, 0.3) is 0 Å². The molecule has 0 aromatic carbocycles. The minimum Gasteiger partial charge on any atom is -0.375 e. The number of hydrogen-bond acceptors (Lipinski definition) is 3. The van der Waals surface area contributed by atoms with Crippen molar-refractivity contribution in [2.24, 2.45) is 0 Å². The van der Waals surface area contributed by atoms with Crippen LogP contribution in [0.15, 0.2) is 18.3 Å². The topological polar surface area (TPSA) is 38.9 Å². The van der Waals surface area contributed by atoms with Gasteiger partial charge in [0.1, 0.15) is 0 Å². The maximum absolute atomic E-state index is 5.47. The third kappa shape index (κ3) is 2.72. The van der Waals surface area contributed by atoms with E-state index in [-0.39, 0.29) is 0 Å². The molecular formula is C8H12N2S. The zero-order chi connectivity index (χ0) is 8.27. The molecule has 1 aromatic heterocycles. The predicted octanol–water partition coefficient (Wildman–Crippen LogP) is 2.23. The first-order valence-corrected chi connectivity index (χ1v) is 4.34. The van der Waals surface area contributed by atoms with Crippen molar-refractivity contribution in [3.8, 4) is 0 Å². The number of aromatic nitrogens is 1. The van der Waals surface area contributed by atoms with Gasteiger partial charge in [0.05, 0.1) is 0 Å². The zero-order valence-corrected chi connectivity index (χ0v) is 7.45. The highest BCUT2D eigenvalue weighted by Gasteiger charge is 1.97. The highest BCUT2D eigenvalue weighted by atomic mass is 32.1.